The molecule has 0 amide bonds. The van der Waals surface area contributed by atoms with Crippen LogP contribution in [0.25, 0.3) is 21.9 Å². The molecule has 0 unspecified atom stereocenters. The maximum Gasteiger partial charge on any atom is 0.138 e. The Morgan fingerprint density at radius 3 is 2.56 bits per heavy atom. The van der Waals surface area contributed by atoms with Crippen LogP contribution in [0.2, 0.25) is 0 Å². The van der Waals surface area contributed by atoms with Crippen LogP contribution < -0.4 is 4.74 Å². The van der Waals surface area contributed by atoms with E-state index in [4.69, 9.17) is 9.72 Å². The van der Waals surface area contributed by atoms with Gasteiger partial charge in [-0.2, -0.15) is 0 Å². The summed E-state index contributed by atoms with van der Waals surface area (Å²) in [4.78, 5) is 17.4. The number of carbonyl (C=O) groups is 1. The van der Waals surface area contributed by atoms with Gasteiger partial charge in [0.15, 0.2) is 0 Å². The molecule has 0 saturated heterocycles. The first-order chi connectivity index (χ1) is 15.7. The Balaban J connectivity index is 1.65. The smallest absolute Gasteiger partial charge is 0.138 e. The van der Waals surface area contributed by atoms with Crippen LogP contribution >= 0.6 is 0 Å². The first-order valence-electron chi connectivity index (χ1n) is 11.4. The Morgan fingerprint density at radius 1 is 0.906 bits per heavy atom. The van der Waals surface area contributed by atoms with Crippen molar-refractivity contribution in [3.8, 4) is 16.9 Å². The van der Waals surface area contributed by atoms with Crippen molar-refractivity contribution in [3.05, 3.63) is 96.3 Å². The number of carbonyl (C=O) groups excluding carboxylic acids is 1. The van der Waals surface area contributed by atoms with Crippen molar-refractivity contribution in [1.82, 2.24) is 4.98 Å². The van der Waals surface area contributed by atoms with Crippen LogP contribution in [0.3, 0.4) is 0 Å². The minimum atomic E-state index is 0.249. The van der Waals surface area contributed by atoms with Crippen LogP contribution in [0.5, 0.6) is 5.75 Å². The molecular weight excluding hydrogens is 394 g/mol. The lowest BCUT2D eigenvalue weighted by Crippen LogP contribution is -2.06. The van der Waals surface area contributed by atoms with Crippen LogP contribution in [-0.2, 0) is 17.8 Å². The third kappa shape index (κ3) is 5.42. The van der Waals surface area contributed by atoms with E-state index in [9.17, 15) is 4.79 Å². The van der Waals surface area contributed by atoms with Crippen LogP contribution in [0, 0.1) is 0 Å². The highest BCUT2D eigenvalue weighted by atomic mass is 16.5. The lowest BCUT2D eigenvalue weighted by Gasteiger charge is -2.14. The van der Waals surface area contributed by atoms with Gasteiger partial charge in [-0.15, -0.1) is 0 Å². The predicted octanol–water partition coefficient (Wildman–Crippen LogP) is 7.17. The van der Waals surface area contributed by atoms with E-state index in [0.717, 1.165) is 58.2 Å². The second kappa shape index (κ2) is 10.7. The monoisotopic (exact) mass is 423 g/mol. The molecule has 3 nitrogen and oxygen atoms in total. The summed E-state index contributed by atoms with van der Waals surface area (Å²) in [5.41, 5.74) is 4.02. The minimum Gasteiger partial charge on any atom is -0.489 e. The quantitative estimate of drug-likeness (QED) is 0.254. The average molecular weight is 424 g/mol. The summed E-state index contributed by atoms with van der Waals surface area (Å²) >= 11 is 0. The number of benzene rings is 3. The van der Waals surface area contributed by atoms with E-state index in [1.165, 1.54) is 0 Å². The number of aromatic nitrogens is 1. The fourth-order valence-electron chi connectivity index (χ4n) is 3.99. The average Bonchev–Trinajstić information content (AvgIpc) is 2.83. The van der Waals surface area contributed by atoms with Gasteiger partial charge >= 0.3 is 0 Å². The van der Waals surface area contributed by atoms with Gasteiger partial charge in [-0.1, -0.05) is 86.5 Å². The second-order valence-electron chi connectivity index (χ2n) is 8.14. The maximum absolute atomic E-state index is 12.7. The zero-order valence-corrected chi connectivity index (χ0v) is 18.6. The topological polar surface area (TPSA) is 39.2 Å². The standard InChI is InChI=1S/C29H29NO2/c1-2-3-5-15-25(31)19-28-29(27-17-9-8-13-24(27)20-30-28)23-14-10-16-26(18-23)32-21-22-11-6-4-7-12-22/h4,6-14,16-18,20H,2-3,5,15,19,21H2,1H3. The molecule has 32 heavy (non-hydrogen) atoms. The molecule has 162 valence electrons. The minimum absolute atomic E-state index is 0.249. The van der Waals surface area contributed by atoms with Gasteiger partial charge in [0, 0.05) is 30.0 Å². The van der Waals surface area contributed by atoms with Crippen molar-refractivity contribution in [1.29, 1.82) is 0 Å². The molecule has 0 saturated carbocycles. The fourth-order valence-corrected chi connectivity index (χ4v) is 3.99. The van der Waals surface area contributed by atoms with E-state index in [1.807, 2.05) is 48.7 Å². The lowest BCUT2D eigenvalue weighted by atomic mass is 9.94. The summed E-state index contributed by atoms with van der Waals surface area (Å²) in [5, 5.41) is 2.18. The summed E-state index contributed by atoms with van der Waals surface area (Å²) < 4.78 is 6.07. The molecule has 1 aromatic heterocycles. The molecule has 0 radical (unpaired) electrons. The van der Waals surface area contributed by atoms with Crippen LogP contribution in [0.4, 0.5) is 0 Å². The summed E-state index contributed by atoms with van der Waals surface area (Å²) in [5.74, 6) is 1.05. The molecule has 0 atom stereocenters. The molecule has 3 aromatic carbocycles. The zero-order valence-electron chi connectivity index (χ0n) is 18.6. The van der Waals surface area contributed by atoms with Crippen molar-refractivity contribution in [2.45, 2.75) is 45.6 Å². The van der Waals surface area contributed by atoms with E-state index < -0.39 is 0 Å². The first-order valence-corrected chi connectivity index (χ1v) is 11.4. The van der Waals surface area contributed by atoms with Gasteiger partial charge < -0.3 is 4.74 Å². The highest BCUT2D eigenvalue weighted by molar-refractivity contribution is 5.98. The molecule has 0 fully saturated rings. The van der Waals surface area contributed by atoms with E-state index >= 15 is 0 Å². The number of unbranched alkanes of at least 4 members (excludes halogenated alkanes) is 2. The third-order valence-corrected chi connectivity index (χ3v) is 5.67. The Morgan fingerprint density at radius 2 is 1.72 bits per heavy atom. The number of ether oxygens (including phenoxy) is 1. The number of Topliss-reactive ketones (excluding diaryl/α,β-unsaturated/α-hetero) is 1. The molecule has 4 aromatic rings. The second-order valence-corrected chi connectivity index (χ2v) is 8.14. The molecule has 0 aliphatic rings. The van der Waals surface area contributed by atoms with Crippen molar-refractivity contribution in [2.75, 3.05) is 0 Å². The maximum atomic E-state index is 12.7. The van der Waals surface area contributed by atoms with Crippen molar-refractivity contribution in [2.24, 2.45) is 0 Å². The number of rotatable bonds is 10. The number of hydrogen-bond donors (Lipinski definition) is 0. The Bertz CT molecular complexity index is 1180. The Kier molecular flexibility index (Phi) is 7.29. The molecule has 4 rings (SSSR count). The predicted molar refractivity (Wildman–Crippen MR) is 131 cm³/mol. The van der Waals surface area contributed by atoms with Crippen molar-refractivity contribution in [3.63, 3.8) is 0 Å². The Hall–Kier alpha value is -3.46. The molecular formula is C29H29NO2. The largest absolute Gasteiger partial charge is 0.489 e. The molecule has 0 aliphatic carbocycles. The molecule has 0 spiro atoms. The zero-order chi connectivity index (χ0) is 22.2. The summed E-state index contributed by atoms with van der Waals surface area (Å²) in [6, 6.07) is 26.5. The van der Waals surface area contributed by atoms with Crippen LogP contribution in [-0.4, -0.2) is 10.8 Å². The summed E-state index contributed by atoms with van der Waals surface area (Å²) in [6.45, 7) is 2.67. The van der Waals surface area contributed by atoms with E-state index in [1.54, 1.807) is 0 Å². The van der Waals surface area contributed by atoms with Gasteiger partial charge in [0.05, 0.1) is 5.69 Å². The van der Waals surface area contributed by atoms with Gasteiger partial charge in [0.25, 0.3) is 0 Å². The van der Waals surface area contributed by atoms with Gasteiger partial charge in [-0.05, 0) is 35.1 Å². The normalized spacial score (nSPS) is 10.9. The van der Waals surface area contributed by atoms with Gasteiger partial charge in [-0.3, -0.25) is 9.78 Å². The number of fused-ring (bicyclic) bond motifs is 1. The number of ketones is 1. The third-order valence-electron chi connectivity index (χ3n) is 5.67. The fraction of sp³-hybridized carbons (Fsp3) is 0.241. The summed E-state index contributed by atoms with van der Waals surface area (Å²) in [7, 11) is 0. The highest BCUT2D eigenvalue weighted by Gasteiger charge is 2.15. The Labute approximate surface area is 190 Å². The molecule has 0 aliphatic heterocycles. The number of hydrogen-bond acceptors (Lipinski definition) is 3. The van der Waals surface area contributed by atoms with E-state index in [0.29, 0.717) is 19.4 Å². The first kappa shape index (κ1) is 21.8. The lowest BCUT2D eigenvalue weighted by molar-refractivity contribution is -0.118. The molecule has 0 N–H and O–H groups in total. The van der Waals surface area contributed by atoms with Crippen LogP contribution in [0.1, 0.15) is 43.9 Å². The van der Waals surface area contributed by atoms with Gasteiger partial charge in [0.1, 0.15) is 18.1 Å². The molecule has 0 bridgehead atoms. The van der Waals surface area contributed by atoms with E-state index in [-0.39, 0.29) is 5.78 Å². The van der Waals surface area contributed by atoms with Gasteiger partial charge in [0.2, 0.25) is 0 Å². The summed E-state index contributed by atoms with van der Waals surface area (Å²) in [6.07, 6.45) is 6.00. The van der Waals surface area contributed by atoms with E-state index in [2.05, 4.69) is 43.3 Å². The number of pyridine rings is 1. The number of nitrogens with zero attached hydrogens (tertiary/aromatic N) is 1. The molecule has 3 heteroatoms. The SMILES string of the molecule is CCCCCC(=O)Cc1ncc2ccccc2c1-c1cccc(OCc2ccccc2)c1. The van der Waals surface area contributed by atoms with Gasteiger partial charge in [-0.25, -0.2) is 0 Å². The highest BCUT2D eigenvalue weighted by Crippen LogP contribution is 2.33. The van der Waals surface area contributed by atoms with Crippen molar-refractivity contribution < 1.29 is 9.53 Å². The van der Waals surface area contributed by atoms with Crippen molar-refractivity contribution >= 4 is 16.6 Å². The molecule has 1 heterocycles. The van der Waals surface area contributed by atoms with Crippen LogP contribution in [0.15, 0.2) is 85.1 Å².